The molecule has 4 heteroatoms. The van der Waals surface area contributed by atoms with Crippen LogP contribution in [0.5, 0.6) is 0 Å². The lowest BCUT2D eigenvalue weighted by molar-refractivity contribution is 0.343. The van der Waals surface area contributed by atoms with Gasteiger partial charge in [-0.05, 0) is 22.8 Å². The molecule has 0 radical (unpaired) electrons. The molecule has 0 saturated carbocycles. The van der Waals surface area contributed by atoms with Crippen LogP contribution in [-0.2, 0) is 5.54 Å². The van der Waals surface area contributed by atoms with E-state index in [9.17, 15) is 4.39 Å². The lowest BCUT2D eigenvalue weighted by Gasteiger charge is -2.39. The Labute approximate surface area is 157 Å². The average Bonchev–Trinajstić information content (AvgIpc) is 3.20. The Bertz CT molecular complexity index is 889. The maximum atomic E-state index is 14.2. The average molecular weight is 365 g/mol. The number of hydrogen-bond acceptors (Lipinski definition) is 1. The number of alkyl halides is 2. The van der Waals surface area contributed by atoms with Gasteiger partial charge < -0.3 is 4.57 Å². The van der Waals surface area contributed by atoms with Crippen molar-refractivity contribution in [3.63, 3.8) is 0 Å². The fourth-order valence-corrected chi connectivity index (χ4v) is 3.77. The highest BCUT2D eigenvalue weighted by Gasteiger charge is 2.40. The number of benzene rings is 2. The summed E-state index contributed by atoms with van der Waals surface area (Å²) in [4.78, 5) is 4.27. The molecule has 0 fully saturated rings. The van der Waals surface area contributed by atoms with E-state index in [2.05, 4.69) is 33.8 Å². The first kappa shape index (κ1) is 16.8. The highest BCUT2D eigenvalue weighted by molar-refractivity contribution is 6.24. The normalized spacial score (nSPS) is 20.0. The van der Waals surface area contributed by atoms with Crippen LogP contribution in [0.3, 0.4) is 0 Å². The van der Waals surface area contributed by atoms with Crippen molar-refractivity contribution in [1.82, 2.24) is 9.55 Å². The minimum Gasteiger partial charge on any atom is -0.319 e. The van der Waals surface area contributed by atoms with Crippen LogP contribution < -0.4 is 0 Å². The number of nitrogens with zero attached hydrogens (tertiary/aromatic N) is 2. The maximum Gasteiger partial charge on any atom is 0.205 e. The number of imidazole rings is 1. The Morgan fingerprint density at radius 3 is 2.08 bits per heavy atom. The standard InChI is InChI=1S/C22H18ClFN2/c23-21(24)13-11-20(12-14-21)22(26-16-15-25-17-26,18-7-3-1-4-8-18)19-9-5-2-6-10-19/h1-13,15-17H,14H2. The van der Waals surface area contributed by atoms with Gasteiger partial charge in [-0.2, -0.15) is 0 Å². The van der Waals surface area contributed by atoms with Crippen molar-refractivity contribution in [3.8, 4) is 0 Å². The monoisotopic (exact) mass is 364 g/mol. The molecule has 1 atom stereocenters. The molecule has 3 aromatic rings. The molecule has 2 nitrogen and oxygen atoms in total. The lowest BCUT2D eigenvalue weighted by Crippen LogP contribution is -2.38. The molecule has 0 N–H and O–H groups in total. The minimum absolute atomic E-state index is 0.122. The van der Waals surface area contributed by atoms with E-state index in [0.717, 1.165) is 16.7 Å². The van der Waals surface area contributed by atoms with E-state index in [1.807, 2.05) is 48.7 Å². The summed E-state index contributed by atoms with van der Waals surface area (Å²) >= 11 is 5.89. The highest BCUT2D eigenvalue weighted by atomic mass is 35.5. The quantitative estimate of drug-likeness (QED) is 0.561. The van der Waals surface area contributed by atoms with Crippen molar-refractivity contribution in [2.75, 3.05) is 0 Å². The first-order chi connectivity index (χ1) is 12.6. The smallest absolute Gasteiger partial charge is 0.205 e. The molecule has 0 aliphatic heterocycles. The summed E-state index contributed by atoms with van der Waals surface area (Å²) in [6, 6.07) is 20.4. The molecule has 0 amide bonds. The van der Waals surface area contributed by atoms with Gasteiger partial charge in [0.2, 0.25) is 5.13 Å². The summed E-state index contributed by atoms with van der Waals surface area (Å²) in [6.45, 7) is 0. The van der Waals surface area contributed by atoms with E-state index in [0.29, 0.717) is 0 Å². The highest BCUT2D eigenvalue weighted by Crippen LogP contribution is 2.44. The summed E-state index contributed by atoms with van der Waals surface area (Å²) in [7, 11) is 0. The van der Waals surface area contributed by atoms with Crippen LogP contribution in [0, 0.1) is 0 Å². The molecule has 130 valence electrons. The second-order valence-corrected chi connectivity index (χ2v) is 7.00. The van der Waals surface area contributed by atoms with E-state index in [1.165, 1.54) is 6.08 Å². The van der Waals surface area contributed by atoms with Gasteiger partial charge in [-0.1, -0.05) is 84.4 Å². The van der Waals surface area contributed by atoms with Crippen molar-refractivity contribution >= 4 is 11.6 Å². The van der Waals surface area contributed by atoms with Gasteiger partial charge in [0.05, 0.1) is 6.33 Å². The lowest BCUT2D eigenvalue weighted by atomic mass is 9.74. The number of hydrogen-bond donors (Lipinski definition) is 0. The topological polar surface area (TPSA) is 17.8 Å². The van der Waals surface area contributed by atoms with E-state index in [1.54, 1.807) is 18.6 Å². The van der Waals surface area contributed by atoms with E-state index < -0.39 is 10.7 Å². The molecule has 0 saturated heterocycles. The first-order valence-electron chi connectivity index (χ1n) is 8.50. The van der Waals surface area contributed by atoms with Gasteiger partial charge in [0, 0.05) is 18.8 Å². The fraction of sp³-hybridized carbons (Fsp3) is 0.136. The Morgan fingerprint density at radius 1 is 1.00 bits per heavy atom. The summed E-state index contributed by atoms with van der Waals surface area (Å²) in [5, 5.41) is -1.84. The van der Waals surface area contributed by atoms with Crippen molar-refractivity contribution in [2.45, 2.75) is 17.1 Å². The van der Waals surface area contributed by atoms with E-state index in [4.69, 9.17) is 11.6 Å². The van der Waals surface area contributed by atoms with Crippen LogP contribution in [0.25, 0.3) is 0 Å². The maximum absolute atomic E-state index is 14.2. The van der Waals surface area contributed by atoms with E-state index in [-0.39, 0.29) is 6.42 Å². The number of halogens is 2. The zero-order chi connectivity index (χ0) is 18.0. The van der Waals surface area contributed by atoms with E-state index >= 15 is 0 Å². The number of rotatable bonds is 4. The van der Waals surface area contributed by atoms with Crippen LogP contribution in [0.15, 0.2) is 103 Å². The Hall–Kier alpha value is -2.65. The molecular weight excluding hydrogens is 347 g/mol. The SMILES string of the molecule is FC1(Cl)C=CC(C(c2ccccc2)(c2ccccc2)n2ccnc2)=CC1. The Morgan fingerprint density at radius 2 is 1.62 bits per heavy atom. The molecule has 0 bridgehead atoms. The zero-order valence-corrected chi connectivity index (χ0v) is 14.9. The van der Waals surface area contributed by atoms with Gasteiger partial charge in [-0.15, -0.1) is 0 Å². The van der Waals surface area contributed by atoms with Crippen LogP contribution in [0.1, 0.15) is 17.5 Å². The van der Waals surface area contributed by atoms with Gasteiger partial charge in [-0.3, -0.25) is 0 Å². The molecule has 1 aliphatic rings. The summed E-state index contributed by atoms with van der Waals surface area (Å²) in [6.07, 6.45) is 10.7. The van der Waals surface area contributed by atoms with Gasteiger partial charge in [0.15, 0.2) is 0 Å². The molecular formula is C22H18ClFN2. The minimum atomic E-state index is -1.84. The molecule has 4 rings (SSSR count). The second kappa shape index (κ2) is 6.58. The van der Waals surface area contributed by atoms with Crippen LogP contribution >= 0.6 is 11.6 Å². The Kier molecular flexibility index (Phi) is 4.25. The van der Waals surface area contributed by atoms with Crippen LogP contribution in [-0.4, -0.2) is 14.7 Å². The number of allylic oxidation sites excluding steroid dienone is 4. The molecule has 1 unspecified atom stereocenters. The third-order valence-electron chi connectivity index (χ3n) is 4.79. The molecule has 2 aromatic carbocycles. The molecule has 1 aromatic heterocycles. The molecule has 26 heavy (non-hydrogen) atoms. The third kappa shape index (κ3) is 2.78. The summed E-state index contributed by atoms with van der Waals surface area (Å²) in [5.41, 5.74) is 2.45. The molecule has 0 spiro atoms. The van der Waals surface area contributed by atoms with Gasteiger partial charge >= 0.3 is 0 Å². The van der Waals surface area contributed by atoms with Gasteiger partial charge in [0.1, 0.15) is 5.54 Å². The summed E-state index contributed by atoms with van der Waals surface area (Å²) < 4.78 is 16.3. The second-order valence-electron chi connectivity index (χ2n) is 6.37. The summed E-state index contributed by atoms with van der Waals surface area (Å²) in [5.74, 6) is 0. The van der Waals surface area contributed by atoms with Crippen molar-refractivity contribution in [2.24, 2.45) is 0 Å². The fourth-order valence-electron chi connectivity index (χ4n) is 3.63. The van der Waals surface area contributed by atoms with Gasteiger partial charge in [0.25, 0.3) is 0 Å². The van der Waals surface area contributed by atoms with Gasteiger partial charge in [-0.25, -0.2) is 9.37 Å². The van der Waals surface area contributed by atoms with Crippen molar-refractivity contribution in [1.29, 1.82) is 0 Å². The third-order valence-corrected chi connectivity index (χ3v) is 5.07. The predicted molar refractivity (Wildman–Crippen MR) is 103 cm³/mol. The molecule has 1 aliphatic carbocycles. The number of aromatic nitrogens is 2. The van der Waals surface area contributed by atoms with Crippen LogP contribution in [0.4, 0.5) is 4.39 Å². The predicted octanol–water partition coefficient (Wildman–Crippen LogP) is 5.47. The Balaban J connectivity index is 2.03. The first-order valence-corrected chi connectivity index (χ1v) is 8.88. The van der Waals surface area contributed by atoms with Crippen LogP contribution in [0.2, 0.25) is 0 Å². The van der Waals surface area contributed by atoms with Crippen molar-refractivity contribution < 1.29 is 4.39 Å². The zero-order valence-electron chi connectivity index (χ0n) is 14.1. The van der Waals surface area contributed by atoms with Crippen molar-refractivity contribution in [3.05, 3.63) is 114 Å². The largest absolute Gasteiger partial charge is 0.319 e. The molecule has 1 heterocycles.